The SMILES string of the molecule is O=C(CCCN1CCCCC1)c1csc2ccccc12. The molecule has 1 fully saturated rings. The van der Waals surface area contributed by atoms with Crippen molar-refractivity contribution >= 4 is 27.2 Å². The van der Waals surface area contributed by atoms with E-state index in [0.717, 1.165) is 23.9 Å². The molecule has 2 heterocycles. The summed E-state index contributed by atoms with van der Waals surface area (Å²) in [5.41, 5.74) is 0.921. The largest absolute Gasteiger partial charge is 0.303 e. The Morgan fingerprint density at radius 3 is 2.80 bits per heavy atom. The molecule has 1 aliphatic rings. The minimum Gasteiger partial charge on any atom is -0.303 e. The van der Waals surface area contributed by atoms with Crippen LogP contribution < -0.4 is 0 Å². The Bertz CT molecular complexity index is 583. The van der Waals surface area contributed by atoms with Gasteiger partial charge in [-0.2, -0.15) is 0 Å². The number of hydrogen-bond acceptors (Lipinski definition) is 3. The summed E-state index contributed by atoms with van der Waals surface area (Å²) in [6.45, 7) is 3.51. The van der Waals surface area contributed by atoms with Crippen molar-refractivity contribution in [1.82, 2.24) is 4.90 Å². The van der Waals surface area contributed by atoms with E-state index in [4.69, 9.17) is 0 Å². The molecule has 2 nitrogen and oxygen atoms in total. The molecule has 1 saturated heterocycles. The van der Waals surface area contributed by atoms with Gasteiger partial charge in [-0.1, -0.05) is 24.6 Å². The number of ketones is 1. The van der Waals surface area contributed by atoms with Crippen molar-refractivity contribution in [2.24, 2.45) is 0 Å². The van der Waals surface area contributed by atoms with E-state index in [2.05, 4.69) is 17.0 Å². The summed E-state index contributed by atoms with van der Waals surface area (Å²) in [6, 6.07) is 8.19. The van der Waals surface area contributed by atoms with Gasteiger partial charge in [0.2, 0.25) is 0 Å². The zero-order chi connectivity index (χ0) is 13.8. The lowest BCUT2D eigenvalue weighted by atomic mass is 10.0. The first-order chi connectivity index (χ1) is 9.84. The Morgan fingerprint density at radius 2 is 1.95 bits per heavy atom. The minimum atomic E-state index is 0.305. The quantitative estimate of drug-likeness (QED) is 0.762. The number of rotatable bonds is 5. The fourth-order valence-corrected chi connectivity index (χ4v) is 3.94. The number of Topliss-reactive ketones (excluding diaryl/α,β-unsaturated/α-hetero) is 1. The predicted octanol–water partition coefficient (Wildman–Crippen LogP) is 4.35. The molecule has 1 aliphatic heterocycles. The summed E-state index contributed by atoms with van der Waals surface area (Å²) in [5.74, 6) is 0.305. The monoisotopic (exact) mass is 287 g/mol. The molecule has 0 aliphatic carbocycles. The van der Waals surface area contributed by atoms with Crippen LogP contribution in [0.1, 0.15) is 42.5 Å². The molecule has 0 unspecified atom stereocenters. The number of carbonyl (C=O) groups is 1. The maximum Gasteiger partial charge on any atom is 0.164 e. The number of fused-ring (bicyclic) bond motifs is 1. The molecular formula is C17H21NOS. The first kappa shape index (κ1) is 13.8. The van der Waals surface area contributed by atoms with E-state index in [-0.39, 0.29) is 0 Å². The molecule has 0 N–H and O–H groups in total. The lowest BCUT2D eigenvalue weighted by Gasteiger charge is -2.26. The summed E-state index contributed by atoms with van der Waals surface area (Å²) in [4.78, 5) is 14.9. The van der Waals surface area contributed by atoms with Gasteiger partial charge >= 0.3 is 0 Å². The Hall–Kier alpha value is -1.19. The van der Waals surface area contributed by atoms with Crippen molar-refractivity contribution in [2.45, 2.75) is 32.1 Å². The van der Waals surface area contributed by atoms with Gasteiger partial charge in [-0.15, -0.1) is 11.3 Å². The average Bonchev–Trinajstić information content (AvgIpc) is 2.92. The first-order valence-electron chi connectivity index (χ1n) is 7.56. The second-order valence-electron chi connectivity index (χ2n) is 5.57. The van der Waals surface area contributed by atoms with Crippen molar-refractivity contribution < 1.29 is 4.79 Å². The summed E-state index contributed by atoms with van der Waals surface area (Å²) < 4.78 is 1.21. The topological polar surface area (TPSA) is 20.3 Å². The van der Waals surface area contributed by atoms with E-state index >= 15 is 0 Å². The van der Waals surface area contributed by atoms with E-state index in [1.807, 2.05) is 17.5 Å². The normalized spacial score (nSPS) is 16.6. The van der Waals surface area contributed by atoms with Crippen LogP contribution in [0, 0.1) is 0 Å². The summed E-state index contributed by atoms with van der Waals surface area (Å²) in [6.07, 6.45) is 5.68. The minimum absolute atomic E-state index is 0.305. The second kappa shape index (κ2) is 6.51. The molecule has 3 rings (SSSR count). The van der Waals surface area contributed by atoms with Crippen LogP contribution in [0.15, 0.2) is 29.6 Å². The molecule has 1 aromatic carbocycles. The number of benzene rings is 1. The van der Waals surface area contributed by atoms with Gasteiger partial charge in [0.15, 0.2) is 5.78 Å². The number of nitrogens with zero attached hydrogens (tertiary/aromatic N) is 1. The molecule has 20 heavy (non-hydrogen) atoms. The van der Waals surface area contributed by atoms with Gasteiger partial charge in [0.1, 0.15) is 0 Å². The zero-order valence-electron chi connectivity index (χ0n) is 11.8. The molecule has 0 saturated carbocycles. The van der Waals surface area contributed by atoms with E-state index < -0.39 is 0 Å². The molecule has 1 aromatic heterocycles. The highest BCUT2D eigenvalue weighted by Crippen LogP contribution is 2.26. The van der Waals surface area contributed by atoms with Crippen LogP contribution in [0.4, 0.5) is 0 Å². The number of thiophene rings is 1. The highest BCUT2D eigenvalue weighted by molar-refractivity contribution is 7.17. The zero-order valence-corrected chi connectivity index (χ0v) is 12.6. The third-order valence-corrected chi connectivity index (χ3v) is 5.07. The van der Waals surface area contributed by atoms with Gasteiger partial charge in [-0.3, -0.25) is 4.79 Å². The first-order valence-corrected chi connectivity index (χ1v) is 8.44. The maximum atomic E-state index is 12.3. The molecular weight excluding hydrogens is 266 g/mol. The van der Waals surface area contributed by atoms with E-state index in [0.29, 0.717) is 12.2 Å². The van der Waals surface area contributed by atoms with Crippen molar-refractivity contribution in [1.29, 1.82) is 0 Å². The maximum absolute atomic E-state index is 12.3. The number of piperidine rings is 1. The van der Waals surface area contributed by atoms with E-state index in [1.165, 1.54) is 37.1 Å². The van der Waals surface area contributed by atoms with Gasteiger partial charge in [0.05, 0.1) is 0 Å². The third-order valence-electron chi connectivity index (χ3n) is 4.11. The van der Waals surface area contributed by atoms with Crippen molar-refractivity contribution in [3.05, 3.63) is 35.2 Å². The summed E-state index contributed by atoms with van der Waals surface area (Å²) in [5, 5.41) is 3.15. The fraction of sp³-hybridized carbons (Fsp3) is 0.471. The predicted molar refractivity (Wildman–Crippen MR) is 85.7 cm³/mol. The lowest BCUT2D eigenvalue weighted by molar-refractivity contribution is 0.0975. The van der Waals surface area contributed by atoms with E-state index in [1.54, 1.807) is 11.3 Å². The van der Waals surface area contributed by atoms with Crippen molar-refractivity contribution in [3.8, 4) is 0 Å². The van der Waals surface area contributed by atoms with Crippen LogP contribution in [0.2, 0.25) is 0 Å². The van der Waals surface area contributed by atoms with Gasteiger partial charge in [0.25, 0.3) is 0 Å². The number of likely N-dealkylation sites (tertiary alicyclic amines) is 1. The number of hydrogen-bond donors (Lipinski definition) is 0. The van der Waals surface area contributed by atoms with Crippen LogP contribution in [0.25, 0.3) is 10.1 Å². The standard InChI is InChI=1S/C17H21NOS/c19-16(8-6-12-18-10-4-1-5-11-18)15-13-20-17-9-3-2-7-14(15)17/h2-3,7,9,13H,1,4-6,8,10-12H2. The highest BCUT2D eigenvalue weighted by atomic mass is 32.1. The molecule has 0 atom stereocenters. The Morgan fingerprint density at radius 1 is 1.15 bits per heavy atom. The Kier molecular flexibility index (Phi) is 4.48. The third kappa shape index (κ3) is 3.10. The van der Waals surface area contributed by atoms with Crippen LogP contribution in [-0.4, -0.2) is 30.3 Å². The molecule has 106 valence electrons. The van der Waals surface area contributed by atoms with Crippen LogP contribution in [-0.2, 0) is 0 Å². The average molecular weight is 287 g/mol. The molecule has 0 bridgehead atoms. The fourth-order valence-electron chi connectivity index (χ4n) is 2.97. The van der Waals surface area contributed by atoms with Crippen LogP contribution in [0.5, 0.6) is 0 Å². The van der Waals surface area contributed by atoms with Gasteiger partial charge in [-0.25, -0.2) is 0 Å². The van der Waals surface area contributed by atoms with Gasteiger partial charge in [0, 0.05) is 27.5 Å². The lowest BCUT2D eigenvalue weighted by Crippen LogP contribution is -2.30. The second-order valence-corrected chi connectivity index (χ2v) is 6.49. The summed E-state index contributed by atoms with van der Waals surface area (Å²) in [7, 11) is 0. The van der Waals surface area contributed by atoms with E-state index in [9.17, 15) is 4.79 Å². The van der Waals surface area contributed by atoms with Crippen molar-refractivity contribution in [3.63, 3.8) is 0 Å². The molecule has 0 amide bonds. The van der Waals surface area contributed by atoms with Gasteiger partial charge < -0.3 is 4.90 Å². The smallest absolute Gasteiger partial charge is 0.164 e. The highest BCUT2D eigenvalue weighted by Gasteiger charge is 2.13. The molecule has 3 heteroatoms. The Labute approximate surface area is 124 Å². The number of carbonyl (C=O) groups excluding carboxylic acids is 1. The van der Waals surface area contributed by atoms with Crippen LogP contribution >= 0.6 is 11.3 Å². The Balaban J connectivity index is 1.56. The molecule has 2 aromatic rings. The summed E-state index contributed by atoms with van der Waals surface area (Å²) >= 11 is 1.67. The van der Waals surface area contributed by atoms with Gasteiger partial charge in [-0.05, 0) is 45.0 Å². The van der Waals surface area contributed by atoms with Crippen LogP contribution in [0.3, 0.4) is 0 Å². The van der Waals surface area contributed by atoms with Crippen molar-refractivity contribution in [2.75, 3.05) is 19.6 Å². The molecule has 0 spiro atoms. The molecule has 0 radical (unpaired) electrons.